The van der Waals surface area contributed by atoms with Gasteiger partial charge in [0.05, 0.1) is 15.5 Å². The third kappa shape index (κ3) is 6.57. The van der Waals surface area contributed by atoms with E-state index in [0.29, 0.717) is 6.54 Å². The molecule has 0 heterocycles. The predicted molar refractivity (Wildman–Crippen MR) is 133 cm³/mol. The maximum atomic E-state index is 13.0. The molecule has 0 fully saturated rings. The Hall–Kier alpha value is -2.87. The van der Waals surface area contributed by atoms with Gasteiger partial charge in [-0.2, -0.15) is 4.31 Å². The summed E-state index contributed by atoms with van der Waals surface area (Å²) in [5, 5.41) is 3.04. The summed E-state index contributed by atoms with van der Waals surface area (Å²) in [5.74, 6) is -0.398. The molecule has 0 aliphatic rings. The minimum absolute atomic E-state index is 0.0271. The lowest BCUT2D eigenvalue weighted by Crippen LogP contribution is -2.29. The van der Waals surface area contributed by atoms with Crippen LogP contribution in [0.1, 0.15) is 22.3 Å². The maximum absolute atomic E-state index is 13.0. The first-order valence-corrected chi connectivity index (χ1v) is 12.4. The zero-order valence-corrected chi connectivity index (χ0v) is 20.3. The van der Waals surface area contributed by atoms with E-state index in [-0.39, 0.29) is 22.0 Å². The van der Waals surface area contributed by atoms with E-state index in [1.54, 1.807) is 0 Å². The first kappa shape index (κ1) is 24.8. The van der Waals surface area contributed by atoms with Crippen LogP contribution in [0.25, 0.3) is 0 Å². The van der Waals surface area contributed by atoms with Crippen LogP contribution >= 0.6 is 11.6 Å². The van der Waals surface area contributed by atoms with Crippen molar-refractivity contribution in [1.82, 2.24) is 9.62 Å². The summed E-state index contributed by atoms with van der Waals surface area (Å²) < 4.78 is 27.3. The summed E-state index contributed by atoms with van der Waals surface area (Å²) >= 11 is 6.22. The first-order valence-electron chi connectivity index (χ1n) is 10.6. The highest BCUT2D eigenvalue weighted by atomic mass is 35.5. The molecule has 0 radical (unpaired) electrons. The van der Waals surface area contributed by atoms with Crippen LogP contribution in [-0.2, 0) is 16.6 Å². The average molecular weight is 486 g/mol. The number of benzene rings is 3. The molecule has 6 nitrogen and oxygen atoms in total. The smallest absolute Gasteiger partial charge is 0.252 e. The second kappa shape index (κ2) is 11.3. The van der Waals surface area contributed by atoms with Crippen LogP contribution in [0.4, 0.5) is 5.69 Å². The fourth-order valence-electron chi connectivity index (χ4n) is 3.37. The van der Waals surface area contributed by atoms with Crippen LogP contribution in [0.15, 0.2) is 83.8 Å². The molecular weight excluding hydrogens is 458 g/mol. The lowest BCUT2D eigenvalue weighted by Gasteiger charge is -2.19. The summed E-state index contributed by atoms with van der Waals surface area (Å²) in [5.41, 5.74) is 2.11. The fraction of sp³-hybridized carbons (Fsp3) is 0.240. The van der Waals surface area contributed by atoms with Gasteiger partial charge in [0, 0.05) is 39.4 Å². The number of rotatable bonds is 10. The van der Waals surface area contributed by atoms with E-state index in [2.05, 4.69) is 10.2 Å². The Kier molecular flexibility index (Phi) is 8.49. The molecule has 174 valence electrons. The molecule has 1 amide bonds. The van der Waals surface area contributed by atoms with Crippen LogP contribution < -0.4 is 10.2 Å². The molecule has 0 saturated carbocycles. The molecule has 0 bridgehead atoms. The van der Waals surface area contributed by atoms with Crippen molar-refractivity contribution in [1.29, 1.82) is 0 Å². The number of anilines is 1. The Balaban J connectivity index is 1.62. The third-order valence-corrected chi connectivity index (χ3v) is 7.42. The number of hydrogen-bond acceptors (Lipinski definition) is 4. The third-order valence-electron chi connectivity index (χ3n) is 5.29. The number of carbonyl (C=O) groups excluding carboxylic acids is 1. The van der Waals surface area contributed by atoms with E-state index in [1.165, 1.54) is 29.6 Å². The van der Waals surface area contributed by atoms with Gasteiger partial charge in [0.2, 0.25) is 10.0 Å². The van der Waals surface area contributed by atoms with Gasteiger partial charge in [0.15, 0.2) is 0 Å². The Morgan fingerprint density at radius 2 is 1.58 bits per heavy atom. The van der Waals surface area contributed by atoms with Gasteiger partial charge in [-0.25, -0.2) is 8.42 Å². The Labute approximate surface area is 200 Å². The zero-order valence-electron chi connectivity index (χ0n) is 18.7. The van der Waals surface area contributed by atoms with E-state index < -0.39 is 15.9 Å². The summed E-state index contributed by atoms with van der Waals surface area (Å²) in [6.07, 6.45) is 0.729. The molecule has 0 aliphatic heterocycles. The zero-order chi connectivity index (χ0) is 23.8. The number of para-hydroxylation sites is 1. The lowest BCUT2D eigenvalue weighted by atomic mass is 10.2. The van der Waals surface area contributed by atoms with Gasteiger partial charge in [-0.3, -0.25) is 4.79 Å². The lowest BCUT2D eigenvalue weighted by molar-refractivity contribution is 0.0953. The molecule has 33 heavy (non-hydrogen) atoms. The monoisotopic (exact) mass is 485 g/mol. The molecule has 8 heteroatoms. The van der Waals surface area contributed by atoms with E-state index >= 15 is 0 Å². The Morgan fingerprint density at radius 3 is 2.24 bits per heavy atom. The van der Waals surface area contributed by atoms with Crippen LogP contribution in [0.5, 0.6) is 0 Å². The van der Waals surface area contributed by atoms with Crippen molar-refractivity contribution >= 4 is 33.2 Å². The first-order chi connectivity index (χ1) is 15.8. The van der Waals surface area contributed by atoms with Crippen molar-refractivity contribution in [2.75, 3.05) is 32.1 Å². The normalized spacial score (nSPS) is 11.4. The SMILES string of the molecule is CN(CCCNC(=O)c1cc(S(=O)(=O)N(C)Cc2ccccc2)ccc1Cl)c1ccccc1. The van der Waals surface area contributed by atoms with Gasteiger partial charge < -0.3 is 10.2 Å². The van der Waals surface area contributed by atoms with E-state index in [9.17, 15) is 13.2 Å². The van der Waals surface area contributed by atoms with Crippen LogP contribution in [0.2, 0.25) is 5.02 Å². The highest BCUT2D eigenvalue weighted by Gasteiger charge is 2.23. The average Bonchev–Trinajstić information content (AvgIpc) is 2.82. The minimum Gasteiger partial charge on any atom is -0.375 e. The highest BCUT2D eigenvalue weighted by molar-refractivity contribution is 7.89. The van der Waals surface area contributed by atoms with Gasteiger partial charge >= 0.3 is 0 Å². The molecule has 3 aromatic carbocycles. The van der Waals surface area contributed by atoms with Crippen molar-refractivity contribution in [3.05, 3.63) is 95.0 Å². The largest absolute Gasteiger partial charge is 0.375 e. The highest BCUT2D eigenvalue weighted by Crippen LogP contribution is 2.23. The summed E-state index contributed by atoms with van der Waals surface area (Å²) in [6, 6.07) is 23.5. The summed E-state index contributed by atoms with van der Waals surface area (Å²) in [4.78, 5) is 14.8. The quantitative estimate of drug-likeness (QED) is 0.432. The van der Waals surface area contributed by atoms with Crippen molar-refractivity contribution < 1.29 is 13.2 Å². The van der Waals surface area contributed by atoms with E-state index in [1.807, 2.05) is 67.7 Å². The van der Waals surface area contributed by atoms with Gasteiger partial charge in [-0.05, 0) is 42.3 Å². The van der Waals surface area contributed by atoms with Gasteiger partial charge in [-0.1, -0.05) is 60.1 Å². The topological polar surface area (TPSA) is 69.7 Å². The molecule has 0 aromatic heterocycles. The molecule has 0 spiro atoms. The predicted octanol–water partition coefficient (Wildman–Crippen LogP) is 4.42. The van der Waals surface area contributed by atoms with Crippen molar-refractivity contribution in [3.63, 3.8) is 0 Å². The molecule has 3 rings (SSSR count). The number of nitrogens with zero attached hydrogens (tertiary/aromatic N) is 2. The number of sulfonamides is 1. The molecule has 0 atom stereocenters. The maximum Gasteiger partial charge on any atom is 0.252 e. The minimum atomic E-state index is -3.79. The molecule has 3 aromatic rings. The number of carbonyl (C=O) groups is 1. The van der Waals surface area contributed by atoms with E-state index in [0.717, 1.165) is 24.2 Å². The second-order valence-electron chi connectivity index (χ2n) is 7.75. The van der Waals surface area contributed by atoms with Gasteiger partial charge in [-0.15, -0.1) is 0 Å². The van der Waals surface area contributed by atoms with Crippen molar-refractivity contribution in [3.8, 4) is 0 Å². The molecule has 0 aliphatic carbocycles. The summed E-state index contributed by atoms with van der Waals surface area (Å²) in [7, 11) is -0.281. The molecule has 1 N–H and O–H groups in total. The van der Waals surface area contributed by atoms with Crippen LogP contribution in [0.3, 0.4) is 0 Å². The summed E-state index contributed by atoms with van der Waals surface area (Å²) in [6.45, 7) is 1.43. The van der Waals surface area contributed by atoms with Gasteiger partial charge in [0.1, 0.15) is 0 Å². The van der Waals surface area contributed by atoms with Gasteiger partial charge in [0.25, 0.3) is 5.91 Å². The molecule has 0 saturated heterocycles. The van der Waals surface area contributed by atoms with Crippen molar-refractivity contribution in [2.45, 2.75) is 17.9 Å². The fourth-order valence-corrected chi connectivity index (χ4v) is 4.76. The molecular formula is C25H28ClN3O3S. The molecule has 0 unspecified atom stereocenters. The van der Waals surface area contributed by atoms with Crippen LogP contribution in [-0.4, -0.2) is 45.8 Å². The van der Waals surface area contributed by atoms with Crippen molar-refractivity contribution in [2.24, 2.45) is 0 Å². The Bertz CT molecular complexity index is 1170. The Morgan fingerprint density at radius 1 is 0.939 bits per heavy atom. The number of halogens is 1. The number of hydrogen-bond donors (Lipinski definition) is 1. The number of nitrogens with one attached hydrogen (secondary N) is 1. The second-order valence-corrected chi connectivity index (χ2v) is 10.2. The standard InChI is InChI=1S/C25H28ClN3O3S/c1-28(21-12-7-4-8-13-21)17-9-16-27-25(30)23-18-22(14-15-24(23)26)33(31,32)29(2)19-20-10-5-3-6-11-20/h3-8,10-15,18H,9,16-17,19H2,1-2H3,(H,27,30). The van der Waals surface area contributed by atoms with Crippen LogP contribution in [0, 0.1) is 0 Å². The number of amides is 1. The van der Waals surface area contributed by atoms with E-state index in [4.69, 9.17) is 11.6 Å².